The van der Waals surface area contributed by atoms with E-state index in [4.69, 9.17) is 11.6 Å². The number of nitrogens with one attached hydrogen (secondary N) is 1. The number of amides is 3. The van der Waals surface area contributed by atoms with Crippen molar-refractivity contribution in [3.63, 3.8) is 0 Å². The lowest BCUT2D eigenvalue weighted by Crippen LogP contribution is -2.48. The summed E-state index contributed by atoms with van der Waals surface area (Å²) in [5.41, 5.74) is 2.13. The molecular weight excluding hydrogens is 483 g/mol. The molecule has 3 aromatic rings. The molecule has 0 aliphatic carbocycles. The second-order valence-electron chi connectivity index (χ2n) is 8.43. The second-order valence-corrected chi connectivity index (χ2v) is 8.81. The second kappa shape index (κ2) is 9.83. The quantitative estimate of drug-likeness (QED) is 0.527. The van der Waals surface area contributed by atoms with Gasteiger partial charge < -0.3 is 15.1 Å². The SMILES string of the molecule is O=C(c1cccc(NC2=C(Cl)C(=O)N(c3ccc(F)cc3)C2=O)c1)N1CCN(c2ccccc2)CC1. The molecule has 3 aromatic carbocycles. The van der Waals surface area contributed by atoms with Gasteiger partial charge in [0.15, 0.2) is 0 Å². The van der Waals surface area contributed by atoms with Crippen molar-refractivity contribution in [3.8, 4) is 0 Å². The van der Waals surface area contributed by atoms with E-state index < -0.39 is 17.6 Å². The number of nitrogens with zero attached hydrogens (tertiary/aromatic N) is 3. The Bertz CT molecular complexity index is 1350. The highest BCUT2D eigenvalue weighted by atomic mass is 35.5. The largest absolute Gasteiger partial charge is 0.368 e. The number of imide groups is 1. The Morgan fingerprint density at radius 2 is 1.50 bits per heavy atom. The van der Waals surface area contributed by atoms with Gasteiger partial charge in [-0.25, -0.2) is 9.29 Å². The molecule has 182 valence electrons. The summed E-state index contributed by atoms with van der Waals surface area (Å²) in [6.07, 6.45) is 0. The molecule has 2 aliphatic rings. The smallest absolute Gasteiger partial charge is 0.283 e. The molecule has 0 atom stereocenters. The number of hydrogen-bond donors (Lipinski definition) is 1. The first-order valence-corrected chi connectivity index (χ1v) is 11.8. The minimum atomic E-state index is -0.709. The molecule has 0 radical (unpaired) electrons. The molecule has 3 amide bonds. The summed E-state index contributed by atoms with van der Waals surface area (Å²) in [4.78, 5) is 43.7. The number of rotatable bonds is 5. The van der Waals surface area contributed by atoms with E-state index in [2.05, 4.69) is 22.3 Å². The maximum absolute atomic E-state index is 13.3. The van der Waals surface area contributed by atoms with Gasteiger partial charge in [0.25, 0.3) is 17.7 Å². The Balaban J connectivity index is 1.28. The Morgan fingerprint density at radius 3 is 2.19 bits per heavy atom. The average Bonchev–Trinajstić information content (AvgIpc) is 3.12. The molecule has 5 rings (SSSR count). The van der Waals surface area contributed by atoms with Crippen molar-refractivity contribution >= 4 is 46.4 Å². The van der Waals surface area contributed by atoms with Crippen molar-refractivity contribution in [2.75, 3.05) is 41.3 Å². The first-order chi connectivity index (χ1) is 17.4. The van der Waals surface area contributed by atoms with Crippen LogP contribution >= 0.6 is 11.6 Å². The van der Waals surface area contributed by atoms with Crippen LogP contribution in [0, 0.1) is 5.82 Å². The number of para-hydroxylation sites is 1. The summed E-state index contributed by atoms with van der Waals surface area (Å²) in [6.45, 7) is 2.63. The van der Waals surface area contributed by atoms with Gasteiger partial charge in [-0.15, -0.1) is 0 Å². The first-order valence-electron chi connectivity index (χ1n) is 11.4. The molecule has 0 saturated carbocycles. The van der Waals surface area contributed by atoms with E-state index in [1.165, 1.54) is 12.1 Å². The predicted molar refractivity (Wildman–Crippen MR) is 136 cm³/mol. The van der Waals surface area contributed by atoms with Crippen LogP contribution in [0.5, 0.6) is 0 Å². The molecule has 2 aliphatic heterocycles. The van der Waals surface area contributed by atoms with Gasteiger partial charge >= 0.3 is 0 Å². The van der Waals surface area contributed by atoms with Crippen LogP contribution in [0.15, 0.2) is 89.6 Å². The van der Waals surface area contributed by atoms with E-state index in [1.54, 1.807) is 29.2 Å². The minimum absolute atomic E-state index is 0.105. The summed E-state index contributed by atoms with van der Waals surface area (Å²) in [5.74, 6) is -1.98. The summed E-state index contributed by atoms with van der Waals surface area (Å²) in [5, 5.41) is 2.61. The lowest BCUT2D eigenvalue weighted by atomic mass is 10.1. The van der Waals surface area contributed by atoms with Crippen LogP contribution < -0.4 is 15.1 Å². The van der Waals surface area contributed by atoms with Crippen molar-refractivity contribution in [3.05, 3.63) is 101 Å². The van der Waals surface area contributed by atoms with Gasteiger partial charge in [0.05, 0.1) is 5.69 Å². The van der Waals surface area contributed by atoms with Gasteiger partial charge in [-0.05, 0) is 54.6 Å². The number of carbonyl (C=O) groups is 3. The maximum Gasteiger partial charge on any atom is 0.283 e. The zero-order chi connectivity index (χ0) is 25.2. The predicted octanol–water partition coefficient (Wildman–Crippen LogP) is 4.22. The van der Waals surface area contributed by atoms with E-state index in [9.17, 15) is 18.8 Å². The van der Waals surface area contributed by atoms with Gasteiger partial charge in [-0.3, -0.25) is 14.4 Å². The molecule has 36 heavy (non-hydrogen) atoms. The zero-order valence-corrected chi connectivity index (χ0v) is 19.9. The Hall–Kier alpha value is -4.17. The monoisotopic (exact) mass is 504 g/mol. The summed E-state index contributed by atoms with van der Waals surface area (Å²) < 4.78 is 13.3. The molecule has 0 spiro atoms. The fourth-order valence-corrected chi connectivity index (χ4v) is 4.51. The number of carbonyl (C=O) groups excluding carboxylic acids is 3. The summed E-state index contributed by atoms with van der Waals surface area (Å²) in [6, 6.07) is 21.8. The molecule has 0 aromatic heterocycles. The molecule has 7 nitrogen and oxygen atoms in total. The molecule has 1 N–H and O–H groups in total. The fraction of sp³-hybridized carbons (Fsp3) is 0.148. The number of piperazine rings is 1. The van der Waals surface area contributed by atoms with Crippen molar-refractivity contribution < 1.29 is 18.8 Å². The summed E-state index contributed by atoms with van der Waals surface area (Å²) >= 11 is 6.19. The molecule has 0 bridgehead atoms. The summed E-state index contributed by atoms with van der Waals surface area (Å²) in [7, 11) is 0. The van der Waals surface area contributed by atoms with E-state index >= 15 is 0 Å². The Morgan fingerprint density at radius 1 is 0.806 bits per heavy atom. The lowest BCUT2D eigenvalue weighted by Gasteiger charge is -2.36. The van der Waals surface area contributed by atoms with E-state index in [1.807, 2.05) is 18.2 Å². The normalized spacial score (nSPS) is 16.1. The third kappa shape index (κ3) is 4.55. The van der Waals surface area contributed by atoms with Crippen LogP contribution in [-0.2, 0) is 9.59 Å². The topological polar surface area (TPSA) is 73.0 Å². The average molecular weight is 505 g/mol. The van der Waals surface area contributed by atoms with Crippen LogP contribution in [0.4, 0.5) is 21.5 Å². The number of anilines is 3. The highest BCUT2D eigenvalue weighted by molar-refractivity contribution is 6.53. The minimum Gasteiger partial charge on any atom is -0.368 e. The molecule has 0 unspecified atom stereocenters. The van der Waals surface area contributed by atoms with Gasteiger partial charge in [-0.1, -0.05) is 35.9 Å². The van der Waals surface area contributed by atoms with Crippen LogP contribution in [0.2, 0.25) is 0 Å². The highest BCUT2D eigenvalue weighted by Crippen LogP contribution is 2.30. The van der Waals surface area contributed by atoms with E-state index in [-0.39, 0.29) is 22.3 Å². The number of benzene rings is 3. The molecule has 1 saturated heterocycles. The van der Waals surface area contributed by atoms with Crippen molar-refractivity contribution in [2.45, 2.75) is 0 Å². The zero-order valence-electron chi connectivity index (χ0n) is 19.2. The van der Waals surface area contributed by atoms with Crippen LogP contribution in [0.25, 0.3) is 0 Å². The standard InChI is InChI=1S/C27H22ClFN4O3/c28-23-24(27(36)33(26(23)35)22-11-9-19(29)10-12-22)30-20-6-4-5-18(17-20)25(34)32-15-13-31(14-16-32)21-7-2-1-3-8-21/h1-12,17,30H,13-16H2. The number of hydrogen-bond acceptors (Lipinski definition) is 5. The fourth-order valence-electron chi connectivity index (χ4n) is 4.30. The van der Waals surface area contributed by atoms with Gasteiger partial charge in [0.1, 0.15) is 16.5 Å². The molecular formula is C27H22ClFN4O3. The molecule has 2 heterocycles. The lowest BCUT2D eigenvalue weighted by molar-refractivity contribution is -0.120. The van der Waals surface area contributed by atoms with Crippen molar-refractivity contribution in [2.24, 2.45) is 0 Å². The Kier molecular flexibility index (Phi) is 6.43. The van der Waals surface area contributed by atoms with Crippen LogP contribution in [-0.4, -0.2) is 48.8 Å². The molecule has 1 fully saturated rings. The highest BCUT2D eigenvalue weighted by Gasteiger charge is 2.39. The van der Waals surface area contributed by atoms with Gasteiger partial charge in [-0.2, -0.15) is 0 Å². The third-order valence-corrected chi connectivity index (χ3v) is 6.53. The first kappa shape index (κ1) is 23.6. The van der Waals surface area contributed by atoms with Crippen LogP contribution in [0.1, 0.15) is 10.4 Å². The van der Waals surface area contributed by atoms with Gasteiger partial charge in [0, 0.05) is 43.1 Å². The van der Waals surface area contributed by atoms with Gasteiger partial charge in [0.2, 0.25) is 0 Å². The third-order valence-electron chi connectivity index (χ3n) is 6.18. The van der Waals surface area contributed by atoms with E-state index in [0.717, 1.165) is 35.8 Å². The molecule has 9 heteroatoms. The maximum atomic E-state index is 13.3. The number of halogens is 2. The van der Waals surface area contributed by atoms with Crippen LogP contribution in [0.3, 0.4) is 0 Å². The van der Waals surface area contributed by atoms with Crippen molar-refractivity contribution in [1.29, 1.82) is 0 Å². The Labute approximate surface area is 212 Å². The van der Waals surface area contributed by atoms with E-state index in [0.29, 0.717) is 24.3 Å². The van der Waals surface area contributed by atoms with Crippen molar-refractivity contribution in [1.82, 2.24) is 4.90 Å².